The van der Waals surface area contributed by atoms with Gasteiger partial charge in [-0.15, -0.1) is 0 Å². The number of likely N-dealkylation sites (N-methyl/N-ethyl adjacent to an activating group) is 1. The third kappa shape index (κ3) is 3.86. The van der Waals surface area contributed by atoms with E-state index in [4.69, 9.17) is 11.6 Å². The van der Waals surface area contributed by atoms with Gasteiger partial charge in [0.1, 0.15) is 0 Å². The minimum atomic E-state index is -1.26. The monoisotopic (exact) mass is 373 g/mol. The number of halogens is 1. The van der Waals surface area contributed by atoms with Gasteiger partial charge in [-0.2, -0.15) is 0 Å². The maximum absolute atomic E-state index is 13.2. The molecule has 7 heteroatoms. The van der Waals surface area contributed by atoms with Crippen molar-refractivity contribution in [3.63, 3.8) is 0 Å². The molecule has 1 atom stereocenters. The molecule has 6 nitrogen and oxygen atoms in total. The molecular formula is C19H20ClN3O3. The lowest BCUT2D eigenvalue weighted by Gasteiger charge is -2.34. The number of rotatable bonds is 4. The van der Waals surface area contributed by atoms with Gasteiger partial charge in [0, 0.05) is 44.0 Å². The number of amides is 1. The van der Waals surface area contributed by atoms with Crippen LogP contribution in [0.15, 0.2) is 53.5 Å². The second kappa shape index (κ2) is 7.85. The molecule has 136 valence electrons. The van der Waals surface area contributed by atoms with Gasteiger partial charge in [0.2, 0.25) is 0 Å². The summed E-state index contributed by atoms with van der Waals surface area (Å²) in [4.78, 5) is 42.4. The normalized spacial score (nSPS) is 16.3. The van der Waals surface area contributed by atoms with Gasteiger partial charge in [-0.3, -0.25) is 19.0 Å². The van der Waals surface area contributed by atoms with Gasteiger partial charge < -0.3 is 9.80 Å². The number of carbonyl (C=O) groups is 2. The topological polar surface area (TPSA) is 62.6 Å². The fourth-order valence-corrected chi connectivity index (χ4v) is 3.16. The minimum Gasteiger partial charge on any atom is -0.338 e. The van der Waals surface area contributed by atoms with Crippen molar-refractivity contribution in [2.75, 3.05) is 33.2 Å². The van der Waals surface area contributed by atoms with Gasteiger partial charge >= 0.3 is 0 Å². The van der Waals surface area contributed by atoms with Crippen LogP contribution in [0.4, 0.5) is 0 Å². The van der Waals surface area contributed by atoms with E-state index in [2.05, 4.69) is 4.90 Å². The fourth-order valence-electron chi connectivity index (χ4n) is 3.00. The highest BCUT2D eigenvalue weighted by atomic mass is 35.5. The molecule has 1 saturated heterocycles. The number of ketones is 1. The number of hydrogen-bond acceptors (Lipinski definition) is 4. The highest BCUT2D eigenvalue weighted by Gasteiger charge is 2.34. The molecule has 1 aromatic carbocycles. The molecule has 0 spiro atoms. The van der Waals surface area contributed by atoms with E-state index in [0.717, 1.165) is 17.7 Å². The number of hydrogen-bond donors (Lipinski definition) is 0. The minimum absolute atomic E-state index is 0.293. The number of aromatic nitrogens is 1. The van der Waals surface area contributed by atoms with Crippen LogP contribution in [0.25, 0.3) is 0 Å². The van der Waals surface area contributed by atoms with Gasteiger partial charge in [-0.1, -0.05) is 41.9 Å². The van der Waals surface area contributed by atoms with Crippen LogP contribution in [0, 0.1) is 0 Å². The summed E-state index contributed by atoms with van der Waals surface area (Å²) < 4.78 is 1.14. The molecule has 0 bridgehead atoms. The van der Waals surface area contributed by atoms with Crippen molar-refractivity contribution in [3.8, 4) is 0 Å². The molecule has 3 rings (SSSR count). The summed E-state index contributed by atoms with van der Waals surface area (Å²) >= 11 is 6.02. The molecule has 0 aliphatic carbocycles. The number of piperazine rings is 1. The van der Waals surface area contributed by atoms with Crippen LogP contribution in [0.1, 0.15) is 16.4 Å². The van der Waals surface area contributed by atoms with Gasteiger partial charge in [0.25, 0.3) is 11.5 Å². The summed E-state index contributed by atoms with van der Waals surface area (Å²) in [6, 6.07) is 9.99. The van der Waals surface area contributed by atoms with E-state index in [9.17, 15) is 14.4 Å². The molecule has 0 unspecified atom stereocenters. The molecule has 0 saturated carbocycles. The first-order valence-electron chi connectivity index (χ1n) is 8.41. The molecule has 1 amide bonds. The molecule has 2 aromatic rings. The Hall–Kier alpha value is -2.44. The Labute approximate surface area is 156 Å². The first kappa shape index (κ1) is 18.4. The summed E-state index contributed by atoms with van der Waals surface area (Å²) in [5, 5.41) is 0.293. The first-order valence-corrected chi connectivity index (χ1v) is 8.79. The number of carbonyl (C=O) groups excluding carboxylic acids is 2. The van der Waals surface area contributed by atoms with E-state index in [1.165, 1.54) is 18.3 Å². The van der Waals surface area contributed by atoms with Crippen molar-refractivity contribution in [1.29, 1.82) is 0 Å². The lowest BCUT2D eigenvalue weighted by Crippen LogP contribution is -2.51. The number of nitrogens with zero attached hydrogens (tertiary/aromatic N) is 3. The van der Waals surface area contributed by atoms with Crippen molar-refractivity contribution in [2.24, 2.45) is 0 Å². The van der Waals surface area contributed by atoms with Crippen LogP contribution >= 0.6 is 11.6 Å². The van der Waals surface area contributed by atoms with Gasteiger partial charge in [0.15, 0.2) is 11.8 Å². The first-order chi connectivity index (χ1) is 12.5. The predicted molar refractivity (Wildman–Crippen MR) is 99.6 cm³/mol. The average Bonchev–Trinajstić information content (AvgIpc) is 2.66. The Morgan fingerprint density at radius 1 is 1.00 bits per heavy atom. The van der Waals surface area contributed by atoms with Crippen molar-refractivity contribution in [1.82, 2.24) is 14.4 Å². The number of benzene rings is 1. The van der Waals surface area contributed by atoms with E-state index in [1.807, 2.05) is 7.05 Å². The summed E-state index contributed by atoms with van der Waals surface area (Å²) in [6.45, 7) is 2.48. The van der Waals surface area contributed by atoms with E-state index < -0.39 is 17.4 Å². The standard InChI is InChI=1S/C19H20ClN3O3/c1-21-9-11-22(12-10-21)19(26)17(18(25)14-5-3-2-4-6-14)23-13-15(20)7-8-16(23)24/h2-8,13,17H,9-12H2,1H3/t17-/m0/s1. The molecule has 1 aromatic heterocycles. The molecule has 2 heterocycles. The zero-order valence-corrected chi connectivity index (χ0v) is 15.2. The Morgan fingerprint density at radius 2 is 1.65 bits per heavy atom. The van der Waals surface area contributed by atoms with Crippen LogP contribution in [0.2, 0.25) is 5.02 Å². The van der Waals surface area contributed by atoms with Crippen LogP contribution in [-0.4, -0.2) is 59.3 Å². The van der Waals surface area contributed by atoms with Crippen molar-refractivity contribution in [3.05, 3.63) is 69.6 Å². The summed E-state index contributed by atoms with van der Waals surface area (Å²) in [5.41, 5.74) is -0.0574. The van der Waals surface area contributed by atoms with E-state index in [0.29, 0.717) is 23.7 Å². The summed E-state index contributed by atoms with van der Waals surface area (Å²) in [7, 11) is 1.98. The average molecular weight is 374 g/mol. The Kier molecular flexibility index (Phi) is 5.54. The molecule has 26 heavy (non-hydrogen) atoms. The Morgan fingerprint density at radius 3 is 2.31 bits per heavy atom. The Balaban J connectivity index is 2.01. The Bertz CT molecular complexity index is 858. The molecular weight excluding hydrogens is 354 g/mol. The third-order valence-corrected chi connectivity index (χ3v) is 4.76. The molecule has 0 N–H and O–H groups in total. The fraction of sp³-hybridized carbons (Fsp3) is 0.316. The second-order valence-electron chi connectivity index (χ2n) is 6.35. The molecule has 1 aliphatic rings. The zero-order valence-electron chi connectivity index (χ0n) is 14.5. The van der Waals surface area contributed by atoms with Crippen LogP contribution in [0.5, 0.6) is 0 Å². The second-order valence-corrected chi connectivity index (χ2v) is 6.79. The smallest absolute Gasteiger partial charge is 0.253 e. The lowest BCUT2D eigenvalue weighted by atomic mass is 10.0. The van der Waals surface area contributed by atoms with E-state index >= 15 is 0 Å². The van der Waals surface area contributed by atoms with Gasteiger partial charge in [-0.25, -0.2) is 0 Å². The van der Waals surface area contributed by atoms with E-state index in [-0.39, 0.29) is 5.91 Å². The van der Waals surface area contributed by atoms with Crippen LogP contribution in [0.3, 0.4) is 0 Å². The quantitative estimate of drug-likeness (QED) is 0.604. The maximum Gasteiger partial charge on any atom is 0.253 e. The largest absolute Gasteiger partial charge is 0.338 e. The van der Waals surface area contributed by atoms with Crippen LogP contribution in [-0.2, 0) is 4.79 Å². The lowest BCUT2D eigenvalue weighted by molar-refractivity contribution is -0.135. The highest BCUT2D eigenvalue weighted by molar-refractivity contribution is 6.30. The van der Waals surface area contributed by atoms with Gasteiger partial charge in [0.05, 0.1) is 5.02 Å². The van der Waals surface area contributed by atoms with Crippen molar-refractivity contribution >= 4 is 23.3 Å². The van der Waals surface area contributed by atoms with Crippen LogP contribution < -0.4 is 5.56 Å². The third-order valence-electron chi connectivity index (χ3n) is 4.54. The van der Waals surface area contributed by atoms with Crippen molar-refractivity contribution < 1.29 is 9.59 Å². The summed E-state index contributed by atoms with van der Waals surface area (Å²) in [6.07, 6.45) is 1.35. The maximum atomic E-state index is 13.2. The highest BCUT2D eigenvalue weighted by Crippen LogP contribution is 2.19. The number of Topliss-reactive ketones (excluding diaryl/α,β-unsaturated/α-hetero) is 1. The zero-order chi connectivity index (χ0) is 18.7. The van der Waals surface area contributed by atoms with Crippen molar-refractivity contribution in [2.45, 2.75) is 6.04 Å². The summed E-state index contributed by atoms with van der Waals surface area (Å²) in [5.74, 6) is -0.796. The predicted octanol–water partition coefficient (Wildman–Crippen LogP) is 1.70. The number of pyridine rings is 1. The molecule has 0 radical (unpaired) electrons. The molecule has 1 aliphatic heterocycles. The van der Waals surface area contributed by atoms with Gasteiger partial charge in [-0.05, 0) is 13.1 Å². The van der Waals surface area contributed by atoms with E-state index in [1.54, 1.807) is 35.2 Å². The molecule has 1 fully saturated rings. The SMILES string of the molecule is CN1CCN(C(=O)[C@H](C(=O)c2ccccc2)n2cc(Cl)ccc2=O)CC1.